The summed E-state index contributed by atoms with van der Waals surface area (Å²) in [5.41, 5.74) is -0.739. The van der Waals surface area contributed by atoms with Gasteiger partial charge in [-0.2, -0.15) is 0 Å². The molecule has 1 heterocycles. The van der Waals surface area contributed by atoms with Gasteiger partial charge in [0.05, 0.1) is 12.6 Å². The van der Waals surface area contributed by atoms with Gasteiger partial charge in [0.1, 0.15) is 5.60 Å². The van der Waals surface area contributed by atoms with Crippen LogP contribution in [-0.2, 0) is 9.53 Å². The van der Waals surface area contributed by atoms with Crippen LogP contribution < -0.4 is 5.32 Å². The zero-order chi connectivity index (χ0) is 12.9. The van der Waals surface area contributed by atoms with Crippen LogP contribution in [0.2, 0.25) is 0 Å². The third-order valence-corrected chi connectivity index (χ3v) is 4.80. The van der Waals surface area contributed by atoms with Gasteiger partial charge in [0.25, 0.3) is 0 Å². The average molecular weight is 253 g/mol. The van der Waals surface area contributed by atoms with Crippen LogP contribution in [0.3, 0.4) is 0 Å². The first-order chi connectivity index (χ1) is 8.51. The summed E-state index contributed by atoms with van der Waals surface area (Å²) < 4.78 is 5.13. The maximum absolute atomic E-state index is 12.2. The molecular formula is C13H19NO4. The summed E-state index contributed by atoms with van der Waals surface area (Å²) in [4.78, 5) is 23.0. The lowest BCUT2D eigenvalue weighted by molar-refractivity contribution is -0.125. The fraction of sp³-hybridized carbons (Fsp3) is 0.846. The second-order valence-corrected chi connectivity index (χ2v) is 6.04. The molecule has 3 rings (SSSR count). The molecule has 2 saturated carbocycles. The van der Waals surface area contributed by atoms with Crippen molar-refractivity contribution in [3.8, 4) is 0 Å². The minimum Gasteiger partial charge on any atom is -0.465 e. The molecule has 5 heteroatoms. The van der Waals surface area contributed by atoms with E-state index in [1.807, 2.05) is 0 Å². The summed E-state index contributed by atoms with van der Waals surface area (Å²) in [5, 5.41) is 11.2. The first-order valence-corrected chi connectivity index (χ1v) is 6.69. The quantitative estimate of drug-likeness (QED) is 0.726. The molecule has 1 saturated heterocycles. The summed E-state index contributed by atoms with van der Waals surface area (Å²) in [6.45, 7) is 2.15. The number of amides is 1. The Kier molecular flexibility index (Phi) is 2.62. The van der Waals surface area contributed by atoms with Gasteiger partial charge in [-0.15, -0.1) is 0 Å². The van der Waals surface area contributed by atoms with Crippen LogP contribution in [0.15, 0.2) is 0 Å². The molecule has 1 amide bonds. The summed E-state index contributed by atoms with van der Waals surface area (Å²) >= 11 is 0. The fourth-order valence-corrected chi connectivity index (χ4v) is 3.59. The topological polar surface area (TPSA) is 78.9 Å². The number of carboxylic acid groups (broad SMARTS) is 1. The van der Waals surface area contributed by atoms with Gasteiger partial charge in [0.2, 0.25) is 0 Å². The van der Waals surface area contributed by atoms with E-state index in [0.717, 1.165) is 11.8 Å². The van der Waals surface area contributed by atoms with Gasteiger partial charge in [-0.1, -0.05) is 6.42 Å². The summed E-state index contributed by atoms with van der Waals surface area (Å²) in [5.74, 6) is 1.92. The molecule has 5 atom stereocenters. The minimum atomic E-state index is -1.12. The van der Waals surface area contributed by atoms with Crippen molar-refractivity contribution >= 4 is 11.9 Å². The van der Waals surface area contributed by atoms with E-state index in [1.54, 1.807) is 6.92 Å². The lowest BCUT2D eigenvalue weighted by atomic mass is 9.94. The van der Waals surface area contributed by atoms with Crippen LogP contribution in [0.1, 0.15) is 32.6 Å². The molecule has 100 valence electrons. The molecule has 0 aromatic rings. The molecule has 0 radical (unpaired) electrons. The Morgan fingerprint density at radius 3 is 2.56 bits per heavy atom. The van der Waals surface area contributed by atoms with Crippen molar-refractivity contribution in [3.05, 3.63) is 0 Å². The number of Topliss-reactive ketones (excluding diaryl/α,β-unsaturated/α-hetero) is 1. The molecule has 0 aromatic heterocycles. The average Bonchev–Trinajstić information content (AvgIpc) is 3.14. The van der Waals surface area contributed by atoms with E-state index in [2.05, 4.69) is 5.32 Å². The van der Waals surface area contributed by atoms with E-state index < -0.39 is 17.7 Å². The molecule has 5 nitrogen and oxygen atoms in total. The molecule has 3 aliphatic rings. The van der Waals surface area contributed by atoms with Crippen molar-refractivity contribution in [2.24, 2.45) is 17.8 Å². The van der Waals surface area contributed by atoms with Crippen molar-refractivity contribution in [2.75, 3.05) is 6.61 Å². The zero-order valence-electron chi connectivity index (χ0n) is 10.5. The highest BCUT2D eigenvalue weighted by atomic mass is 16.6. The SMILES string of the molecule is C[C@]1(C(=O)[C@H](C[C@H]2[C@@H]3CCC[C@@H]32)NC(=O)O)CO1. The zero-order valence-corrected chi connectivity index (χ0v) is 10.5. The minimum absolute atomic E-state index is 0.102. The lowest BCUT2D eigenvalue weighted by Crippen LogP contribution is -2.46. The van der Waals surface area contributed by atoms with Crippen molar-refractivity contribution in [3.63, 3.8) is 0 Å². The standard InChI is InChI=1S/C13H19NO4/c1-13(6-18-13)11(15)10(14-12(16)17)5-9-7-3-2-4-8(7)9/h7-10,14H,2-6H2,1H3,(H,16,17)/t7-,8+,9+,10-,13+/m0/s1. The Labute approximate surface area is 106 Å². The Bertz CT molecular complexity index is 380. The number of hydrogen-bond donors (Lipinski definition) is 2. The molecule has 0 spiro atoms. The van der Waals surface area contributed by atoms with E-state index in [-0.39, 0.29) is 5.78 Å². The van der Waals surface area contributed by atoms with Gasteiger partial charge in [0, 0.05) is 0 Å². The van der Waals surface area contributed by atoms with E-state index in [9.17, 15) is 9.59 Å². The van der Waals surface area contributed by atoms with E-state index in [0.29, 0.717) is 18.9 Å². The van der Waals surface area contributed by atoms with E-state index in [4.69, 9.17) is 9.84 Å². The van der Waals surface area contributed by atoms with Crippen molar-refractivity contribution in [1.29, 1.82) is 0 Å². The number of ether oxygens (including phenoxy) is 1. The molecule has 2 N–H and O–H groups in total. The number of hydrogen-bond acceptors (Lipinski definition) is 3. The molecule has 0 aromatic carbocycles. The van der Waals surface area contributed by atoms with Gasteiger partial charge in [0.15, 0.2) is 5.78 Å². The Morgan fingerprint density at radius 1 is 1.44 bits per heavy atom. The number of carbonyl (C=O) groups is 2. The smallest absolute Gasteiger partial charge is 0.405 e. The number of rotatable bonds is 5. The third-order valence-electron chi connectivity index (χ3n) is 4.80. The third kappa shape index (κ3) is 2.00. The second kappa shape index (κ2) is 3.95. The predicted octanol–water partition coefficient (Wildman–Crippen LogP) is 1.42. The number of fused-ring (bicyclic) bond motifs is 1. The Morgan fingerprint density at radius 2 is 2.06 bits per heavy atom. The number of nitrogens with one attached hydrogen (secondary N) is 1. The highest BCUT2D eigenvalue weighted by Crippen LogP contribution is 2.59. The van der Waals surface area contributed by atoms with Gasteiger partial charge in [-0.3, -0.25) is 4.79 Å². The van der Waals surface area contributed by atoms with Crippen LogP contribution >= 0.6 is 0 Å². The molecule has 1 aliphatic heterocycles. The van der Waals surface area contributed by atoms with Crippen molar-refractivity contribution in [1.82, 2.24) is 5.32 Å². The maximum Gasteiger partial charge on any atom is 0.405 e. The summed E-state index contributed by atoms with van der Waals surface area (Å²) in [6, 6.07) is -0.592. The Hall–Kier alpha value is -1.10. The van der Waals surface area contributed by atoms with Crippen LogP contribution in [0, 0.1) is 17.8 Å². The predicted molar refractivity (Wildman–Crippen MR) is 63.3 cm³/mol. The normalized spacial score (nSPS) is 41.9. The summed E-state index contributed by atoms with van der Waals surface area (Å²) in [6.07, 6.45) is 3.31. The van der Waals surface area contributed by atoms with Gasteiger partial charge in [-0.05, 0) is 43.9 Å². The van der Waals surface area contributed by atoms with Crippen molar-refractivity contribution in [2.45, 2.75) is 44.2 Å². The highest BCUT2D eigenvalue weighted by molar-refractivity contribution is 5.95. The second-order valence-electron chi connectivity index (χ2n) is 6.04. The first kappa shape index (κ1) is 12.0. The van der Waals surface area contributed by atoms with Crippen molar-refractivity contribution < 1.29 is 19.4 Å². The molecule has 18 heavy (non-hydrogen) atoms. The van der Waals surface area contributed by atoms with Gasteiger partial charge < -0.3 is 15.2 Å². The largest absolute Gasteiger partial charge is 0.465 e. The summed E-state index contributed by atoms with van der Waals surface area (Å²) in [7, 11) is 0. The van der Waals surface area contributed by atoms with Crippen LogP contribution in [0.4, 0.5) is 4.79 Å². The van der Waals surface area contributed by atoms with Crippen LogP contribution in [-0.4, -0.2) is 35.2 Å². The van der Waals surface area contributed by atoms with Crippen LogP contribution in [0.5, 0.6) is 0 Å². The number of ketones is 1. The molecular weight excluding hydrogens is 234 g/mol. The monoisotopic (exact) mass is 253 g/mol. The van der Waals surface area contributed by atoms with E-state index in [1.165, 1.54) is 19.3 Å². The molecule has 0 bridgehead atoms. The lowest BCUT2D eigenvalue weighted by Gasteiger charge is -2.18. The van der Waals surface area contributed by atoms with E-state index >= 15 is 0 Å². The van der Waals surface area contributed by atoms with Gasteiger partial charge in [-0.25, -0.2) is 4.79 Å². The number of epoxide rings is 1. The fourth-order valence-electron chi connectivity index (χ4n) is 3.59. The molecule has 2 aliphatic carbocycles. The van der Waals surface area contributed by atoms with Crippen LogP contribution in [0.25, 0.3) is 0 Å². The van der Waals surface area contributed by atoms with Gasteiger partial charge >= 0.3 is 6.09 Å². The Balaban J connectivity index is 1.62. The molecule has 3 fully saturated rings. The highest BCUT2D eigenvalue weighted by Gasteiger charge is 2.56. The maximum atomic E-state index is 12.2. The first-order valence-electron chi connectivity index (χ1n) is 6.69. The molecule has 0 unspecified atom stereocenters. The number of carbonyl (C=O) groups excluding carboxylic acids is 1.